The molecule has 0 fully saturated rings. The molecule has 1 unspecified atom stereocenters. The summed E-state index contributed by atoms with van der Waals surface area (Å²) in [5.41, 5.74) is 0. The monoisotopic (exact) mass is 300 g/mol. The van der Waals surface area contributed by atoms with E-state index in [1.54, 1.807) is 6.07 Å². The van der Waals surface area contributed by atoms with E-state index in [1.807, 2.05) is 6.92 Å². The van der Waals surface area contributed by atoms with Crippen LogP contribution in [0.25, 0.3) is 0 Å². The number of rotatable bonds is 6. The summed E-state index contributed by atoms with van der Waals surface area (Å²) in [5, 5.41) is 16.6. The zero-order chi connectivity index (χ0) is 14.8. The average molecular weight is 300 g/mol. The summed E-state index contributed by atoms with van der Waals surface area (Å²) >= 11 is 0. The second-order valence-corrected chi connectivity index (χ2v) is 6.46. The molecule has 2 aromatic rings. The summed E-state index contributed by atoms with van der Waals surface area (Å²) < 4.78 is 30.1. The number of furan rings is 1. The Kier molecular flexibility index (Phi) is 4.16. The minimum atomic E-state index is -3.54. The molecule has 2 aromatic heterocycles. The van der Waals surface area contributed by atoms with Gasteiger partial charge in [-0.05, 0) is 19.1 Å². The van der Waals surface area contributed by atoms with Crippen LogP contribution in [-0.4, -0.2) is 47.4 Å². The third-order valence-electron chi connectivity index (χ3n) is 2.70. The Morgan fingerprint density at radius 2 is 2.20 bits per heavy atom. The second-order valence-electron chi connectivity index (χ2n) is 4.38. The molecular weight excluding hydrogens is 284 g/mol. The van der Waals surface area contributed by atoms with Crippen molar-refractivity contribution < 1.29 is 12.8 Å². The van der Waals surface area contributed by atoms with Crippen LogP contribution in [0.2, 0.25) is 0 Å². The predicted octanol–water partition coefficient (Wildman–Crippen LogP) is -0.106. The second kappa shape index (κ2) is 5.69. The highest BCUT2D eigenvalue weighted by Gasteiger charge is 2.21. The van der Waals surface area contributed by atoms with Gasteiger partial charge in [0.05, 0.1) is 12.6 Å². The number of hydrogen-bond acceptors (Lipinski definition) is 7. The minimum Gasteiger partial charge on any atom is -0.447 e. The number of sulfonamides is 1. The van der Waals surface area contributed by atoms with Crippen molar-refractivity contribution in [3.63, 3.8) is 0 Å². The Hall–Kier alpha value is -1.78. The van der Waals surface area contributed by atoms with Crippen LogP contribution in [0.4, 0.5) is 0 Å². The van der Waals surface area contributed by atoms with Crippen molar-refractivity contribution >= 4 is 10.0 Å². The highest BCUT2D eigenvalue weighted by molar-refractivity contribution is 7.88. The zero-order valence-corrected chi connectivity index (χ0v) is 12.2. The van der Waals surface area contributed by atoms with E-state index in [0.29, 0.717) is 18.1 Å². The quantitative estimate of drug-likeness (QED) is 0.764. The van der Waals surface area contributed by atoms with Gasteiger partial charge in [-0.3, -0.25) is 0 Å². The molecule has 0 aromatic carbocycles. The van der Waals surface area contributed by atoms with E-state index in [2.05, 4.69) is 25.9 Å². The lowest BCUT2D eigenvalue weighted by Crippen LogP contribution is -2.21. The van der Waals surface area contributed by atoms with Gasteiger partial charge in [0.15, 0.2) is 5.82 Å². The minimum absolute atomic E-state index is 0.0773. The first-order chi connectivity index (χ1) is 9.41. The van der Waals surface area contributed by atoms with Crippen LogP contribution in [0.1, 0.15) is 24.6 Å². The molecule has 0 spiro atoms. The third kappa shape index (κ3) is 3.03. The van der Waals surface area contributed by atoms with Gasteiger partial charge in [0.2, 0.25) is 5.09 Å². The van der Waals surface area contributed by atoms with Crippen molar-refractivity contribution in [1.82, 2.24) is 30.2 Å². The molecule has 0 amide bonds. The number of hydrogen-bond donors (Lipinski definition) is 2. The van der Waals surface area contributed by atoms with Crippen LogP contribution in [0.15, 0.2) is 21.6 Å². The van der Waals surface area contributed by atoms with Gasteiger partial charge >= 0.3 is 0 Å². The fourth-order valence-corrected chi connectivity index (χ4v) is 2.28. The largest absolute Gasteiger partial charge is 0.447 e. The van der Waals surface area contributed by atoms with Gasteiger partial charge in [0, 0.05) is 14.1 Å². The van der Waals surface area contributed by atoms with Crippen molar-refractivity contribution in [3.8, 4) is 0 Å². The molecular formula is C10H16N6O3S. The molecule has 9 nitrogen and oxygen atoms in total. The number of aromatic nitrogens is 4. The molecule has 0 aliphatic carbocycles. The number of nitrogens with one attached hydrogen (secondary N) is 2. The van der Waals surface area contributed by atoms with Crippen molar-refractivity contribution in [1.29, 1.82) is 0 Å². The van der Waals surface area contributed by atoms with Crippen LogP contribution in [0, 0.1) is 0 Å². The molecule has 0 saturated carbocycles. The van der Waals surface area contributed by atoms with E-state index in [0.717, 1.165) is 4.31 Å². The Bertz CT molecular complexity index is 648. The van der Waals surface area contributed by atoms with Crippen molar-refractivity contribution in [2.24, 2.45) is 0 Å². The van der Waals surface area contributed by atoms with Crippen LogP contribution < -0.4 is 5.32 Å². The predicted molar refractivity (Wildman–Crippen MR) is 69.0 cm³/mol. The smallest absolute Gasteiger partial charge is 0.275 e. The van der Waals surface area contributed by atoms with Gasteiger partial charge in [-0.2, -0.15) is 5.21 Å². The molecule has 1 atom stereocenters. The summed E-state index contributed by atoms with van der Waals surface area (Å²) in [5.74, 6) is 1.04. The normalized spacial score (nSPS) is 13.8. The lowest BCUT2D eigenvalue weighted by atomic mass is 10.3. The van der Waals surface area contributed by atoms with Crippen molar-refractivity contribution in [2.45, 2.75) is 24.6 Å². The zero-order valence-electron chi connectivity index (χ0n) is 11.4. The van der Waals surface area contributed by atoms with Gasteiger partial charge in [-0.1, -0.05) is 5.21 Å². The number of aromatic amines is 1. The number of tetrazole rings is 1. The molecule has 0 aliphatic heterocycles. The molecule has 2 rings (SSSR count). The highest BCUT2D eigenvalue weighted by atomic mass is 32.2. The maximum atomic E-state index is 11.8. The van der Waals surface area contributed by atoms with Gasteiger partial charge in [0.1, 0.15) is 5.76 Å². The Labute approximate surface area is 116 Å². The Morgan fingerprint density at radius 1 is 1.45 bits per heavy atom. The van der Waals surface area contributed by atoms with Crippen molar-refractivity contribution in [2.75, 3.05) is 14.1 Å². The highest BCUT2D eigenvalue weighted by Crippen LogP contribution is 2.17. The van der Waals surface area contributed by atoms with Crippen LogP contribution in [0.5, 0.6) is 0 Å². The lowest BCUT2D eigenvalue weighted by molar-refractivity contribution is 0.380. The van der Waals surface area contributed by atoms with Crippen molar-refractivity contribution in [3.05, 3.63) is 23.7 Å². The molecule has 10 heteroatoms. The summed E-state index contributed by atoms with van der Waals surface area (Å²) in [4.78, 5) is 0. The fraction of sp³-hybridized carbons (Fsp3) is 0.500. The first kappa shape index (κ1) is 14.6. The first-order valence-corrected chi connectivity index (χ1v) is 7.33. The molecule has 0 radical (unpaired) electrons. The van der Waals surface area contributed by atoms with Gasteiger partial charge in [-0.25, -0.2) is 12.7 Å². The van der Waals surface area contributed by atoms with Crippen LogP contribution in [-0.2, 0) is 16.6 Å². The van der Waals surface area contributed by atoms with E-state index in [4.69, 9.17) is 4.42 Å². The summed E-state index contributed by atoms with van der Waals surface area (Å²) in [6.45, 7) is 2.23. The Balaban J connectivity index is 2.00. The van der Waals surface area contributed by atoms with E-state index in [1.165, 1.54) is 20.2 Å². The molecule has 0 aliphatic rings. The van der Waals surface area contributed by atoms with E-state index < -0.39 is 10.0 Å². The summed E-state index contributed by atoms with van der Waals surface area (Å²) in [6.07, 6.45) is 0. The van der Waals surface area contributed by atoms with E-state index >= 15 is 0 Å². The molecule has 20 heavy (non-hydrogen) atoms. The molecule has 2 N–H and O–H groups in total. The molecule has 0 bridgehead atoms. The molecule has 2 heterocycles. The number of nitrogens with zero attached hydrogens (tertiary/aromatic N) is 4. The number of H-pyrrole nitrogens is 1. The third-order valence-corrected chi connectivity index (χ3v) is 4.39. The van der Waals surface area contributed by atoms with Gasteiger partial charge in [-0.15, -0.1) is 10.2 Å². The maximum Gasteiger partial charge on any atom is 0.275 e. The molecule has 0 saturated heterocycles. The fourth-order valence-electron chi connectivity index (χ4n) is 1.47. The standard InChI is InChI=1S/C10H16N6O3S/c1-7(10-12-14-15-13-10)11-6-8-4-5-9(19-8)20(17,18)16(2)3/h4-5,7,11H,6H2,1-3H3,(H,12,13,14,15). The van der Waals surface area contributed by atoms with E-state index in [-0.39, 0.29) is 11.1 Å². The van der Waals surface area contributed by atoms with Gasteiger partial charge in [0.25, 0.3) is 10.0 Å². The summed E-state index contributed by atoms with van der Waals surface area (Å²) in [7, 11) is -0.634. The van der Waals surface area contributed by atoms with Crippen LogP contribution >= 0.6 is 0 Å². The molecule has 110 valence electrons. The van der Waals surface area contributed by atoms with Gasteiger partial charge < -0.3 is 9.73 Å². The first-order valence-electron chi connectivity index (χ1n) is 5.89. The van der Waals surface area contributed by atoms with Crippen LogP contribution in [0.3, 0.4) is 0 Å². The maximum absolute atomic E-state index is 11.8. The van der Waals surface area contributed by atoms with E-state index in [9.17, 15) is 8.42 Å². The SMILES string of the molecule is CC(NCc1ccc(S(=O)(=O)N(C)C)o1)c1nn[nH]n1. The summed E-state index contributed by atoms with van der Waals surface area (Å²) in [6, 6.07) is 2.92. The lowest BCUT2D eigenvalue weighted by Gasteiger charge is -2.09. The Morgan fingerprint density at radius 3 is 2.80 bits per heavy atom. The average Bonchev–Trinajstić information content (AvgIpc) is 3.07. The topological polar surface area (TPSA) is 117 Å².